The smallest absolute Gasteiger partial charge is 0.224 e. The maximum Gasteiger partial charge on any atom is 0.224 e. The van der Waals surface area contributed by atoms with Gasteiger partial charge in [0.05, 0.1) is 13.5 Å². The molecule has 0 radical (unpaired) electrons. The number of methoxy groups -OCH3 is 1. The molecule has 140 valence electrons. The maximum absolute atomic E-state index is 13.6. The van der Waals surface area contributed by atoms with Crippen LogP contribution in [0.15, 0.2) is 18.2 Å². The first-order valence-corrected chi connectivity index (χ1v) is 7.66. The van der Waals surface area contributed by atoms with Crippen molar-refractivity contribution < 1.29 is 31.5 Å². The molecular weight excluding hydrogens is 357 g/mol. The molecule has 0 aliphatic heterocycles. The van der Waals surface area contributed by atoms with Gasteiger partial charge in [-0.15, -0.1) is 0 Å². The molecule has 1 amide bonds. The molecule has 0 aliphatic rings. The first kappa shape index (κ1) is 19.7. The Balaban J connectivity index is 2.04. The highest BCUT2D eigenvalue weighted by Gasteiger charge is 2.26. The zero-order chi connectivity index (χ0) is 19.4. The molecular formula is C18H16F5NO2. The molecule has 2 rings (SSSR count). The van der Waals surface area contributed by atoms with E-state index in [-0.39, 0.29) is 6.54 Å². The first-order chi connectivity index (χ1) is 12.3. The Labute approximate surface area is 146 Å². The summed E-state index contributed by atoms with van der Waals surface area (Å²) in [4.78, 5) is 11.8. The van der Waals surface area contributed by atoms with E-state index >= 15 is 0 Å². The molecule has 0 saturated carbocycles. The normalized spacial score (nSPS) is 10.7. The lowest BCUT2D eigenvalue weighted by molar-refractivity contribution is -0.120. The van der Waals surface area contributed by atoms with Crippen LogP contribution in [-0.2, 0) is 17.6 Å². The van der Waals surface area contributed by atoms with Crippen molar-refractivity contribution in [2.75, 3.05) is 13.7 Å². The molecule has 0 spiro atoms. The van der Waals surface area contributed by atoms with Gasteiger partial charge in [0.25, 0.3) is 0 Å². The van der Waals surface area contributed by atoms with Gasteiger partial charge in [-0.1, -0.05) is 17.7 Å². The lowest BCUT2D eigenvalue weighted by Gasteiger charge is -2.11. The number of hydrogen-bond donors (Lipinski definition) is 1. The second kappa shape index (κ2) is 8.16. The van der Waals surface area contributed by atoms with Gasteiger partial charge in [0, 0.05) is 12.1 Å². The highest BCUT2D eigenvalue weighted by Crippen LogP contribution is 2.23. The fourth-order valence-corrected chi connectivity index (χ4v) is 2.47. The van der Waals surface area contributed by atoms with Crippen LogP contribution in [-0.4, -0.2) is 19.6 Å². The Hall–Kier alpha value is -2.64. The Kier molecular flexibility index (Phi) is 6.18. The van der Waals surface area contributed by atoms with Crippen molar-refractivity contribution in [2.45, 2.75) is 19.8 Å². The van der Waals surface area contributed by atoms with Crippen LogP contribution in [0.25, 0.3) is 0 Å². The lowest BCUT2D eigenvalue weighted by atomic mass is 10.1. The minimum atomic E-state index is -2.25. The summed E-state index contributed by atoms with van der Waals surface area (Å²) in [6.45, 7) is 1.98. The van der Waals surface area contributed by atoms with Crippen molar-refractivity contribution in [3.05, 3.63) is 64.0 Å². The van der Waals surface area contributed by atoms with E-state index in [1.54, 1.807) is 6.07 Å². The van der Waals surface area contributed by atoms with Crippen molar-refractivity contribution in [1.82, 2.24) is 5.32 Å². The van der Waals surface area contributed by atoms with Crippen LogP contribution < -0.4 is 10.1 Å². The molecule has 0 heterocycles. The van der Waals surface area contributed by atoms with E-state index in [9.17, 15) is 26.7 Å². The number of nitrogens with one attached hydrogen (secondary N) is 1. The number of carbonyl (C=O) groups excluding carboxylic acids is 1. The number of aryl methyl sites for hydroxylation is 1. The standard InChI is InChI=1S/C18H16F5NO2/c1-9-3-4-12(26-2)10(7-9)5-6-24-13(25)8-11-14(19)16(21)18(23)17(22)15(11)20/h3-4,7H,5-6,8H2,1-2H3,(H,24,25). The summed E-state index contributed by atoms with van der Waals surface area (Å²) < 4.78 is 71.6. The molecule has 0 aromatic heterocycles. The van der Waals surface area contributed by atoms with Crippen LogP contribution in [0.3, 0.4) is 0 Å². The van der Waals surface area contributed by atoms with Gasteiger partial charge in [0.1, 0.15) is 5.75 Å². The fraction of sp³-hybridized carbons (Fsp3) is 0.278. The molecule has 26 heavy (non-hydrogen) atoms. The van der Waals surface area contributed by atoms with Gasteiger partial charge >= 0.3 is 0 Å². The van der Waals surface area contributed by atoms with Gasteiger partial charge in [-0.3, -0.25) is 4.79 Å². The average molecular weight is 373 g/mol. The highest BCUT2D eigenvalue weighted by molar-refractivity contribution is 5.78. The molecule has 0 unspecified atom stereocenters. The van der Waals surface area contributed by atoms with Gasteiger partial charge in [0.15, 0.2) is 23.3 Å². The van der Waals surface area contributed by atoms with Gasteiger partial charge in [0.2, 0.25) is 11.7 Å². The number of rotatable bonds is 6. The topological polar surface area (TPSA) is 38.3 Å². The average Bonchev–Trinajstić information content (AvgIpc) is 2.62. The minimum Gasteiger partial charge on any atom is -0.496 e. The van der Waals surface area contributed by atoms with Gasteiger partial charge < -0.3 is 10.1 Å². The van der Waals surface area contributed by atoms with Crippen LogP contribution >= 0.6 is 0 Å². The van der Waals surface area contributed by atoms with E-state index in [0.29, 0.717) is 12.2 Å². The van der Waals surface area contributed by atoms with E-state index in [1.165, 1.54) is 7.11 Å². The Morgan fingerprint density at radius 3 is 2.15 bits per heavy atom. The number of carbonyl (C=O) groups is 1. The maximum atomic E-state index is 13.6. The summed E-state index contributed by atoms with van der Waals surface area (Å²) in [5.41, 5.74) is 0.629. The molecule has 8 heteroatoms. The third kappa shape index (κ3) is 4.12. The molecule has 0 atom stereocenters. The van der Waals surface area contributed by atoms with Crippen LogP contribution in [0.5, 0.6) is 5.75 Å². The number of amides is 1. The number of ether oxygens (including phenoxy) is 1. The van der Waals surface area contributed by atoms with E-state index in [4.69, 9.17) is 4.74 Å². The van der Waals surface area contributed by atoms with E-state index < -0.39 is 47.0 Å². The zero-order valence-corrected chi connectivity index (χ0v) is 14.1. The summed E-state index contributed by atoms with van der Waals surface area (Å²) >= 11 is 0. The molecule has 0 saturated heterocycles. The van der Waals surface area contributed by atoms with Crippen LogP contribution in [0, 0.1) is 36.0 Å². The molecule has 1 N–H and O–H groups in total. The van der Waals surface area contributed by atoms with Crippen LogP contribution in [0.2, 0.25) is 0 Å². The predicted molar refractivity (Wildman–Crippen MR) is 84.4 cm³/mol. The Morgan fingerprint density at radius 1 is 1.00 bits per heavy atom. The second-order valence-electron chi connectivity index (χ2n) is 5.64. The molecule has 2 aromatic carbocycles. The molecule has 0 fully saturated rings. The summed E-state index contributed by atoms with van der Waals surface area (Å²) in [5.74, 6) is -10.7. The van der Waals surface area contributed by atoms with Crippen LogP contribution in [0.4, 0.5) is 22.0 Å². The van der Waals surface area contributed by atoms with E-state index in [0.717, 1.165) is 11.1 Å². The molecule has 0 bridgehead atoms. The van der Waals surface area contributed by atoms with Crippen molar-refractivity contribution in [1.29, 1.82) is 0 Å². The lowest BCUT2D eigenvalue weighted by Crippen LogP contribution is -2.28. The SMILES string of the molecule is COc1ccc(C)cc1CCNC(=O)Cc1c(F)c(F)c(F)c(F)c1F. The summed E-state index contributed by atoms with van der Waals surface area (Å²) in [6, 6.07) is 5.47. The zero-order valence-electron chi connectivity index (χ0n) is 14.1. The minimum absolute atomic E-state index is 0.105. The summed E-state index contributed by atoms with van der Waals surface area (Å²) in [7, 11) is 1.50. The van der Waals surface area contributed by atoms with Crippen molar-refractivity contribution >= 4 is 5.91 Å². The fourth-order valence-electron chi connectivity index (χ4n) is 2.47. The summed E-state index contributed by atoms with van der Waals surface area (Å²) in [6.07, 6.45) is -0.593. The molecule has 2 aromatic rings. The Morgan fingerprint density at radius 2 is 1.58 bits per heavy atom. The number of halogens is 5. The summed E-state index contributed by atoms with van der Waals surface area (Å²) in [5, 5.41) is 2.39. The number of benzene rings is 2. The third-order valence-electron chi connectivity index (χ3n) is 3.79. The van der Waals surface area contributed by atoms with Crippen molar-refractivity contribution in [2.24, 2.45) is 0 Å². The van der Waals surface area contributed by atoms with Crippen LogP contribution in [0.1, 0.15) is 16.7 Å². The van der Waals surface area contributed by atoms with E-state index in [2.05, 4.69) is 5.32 Å². The second-order valence-corrected chi connectivity index (χ2v) is 5.64. The third-order valence-corrected chi connectivity index (χ3v) is 3.79. The van der Waals surface area contributed by atoms with Crippen molar-refractivity contribution in [3.8, 4) is 5.75 Å². The van der Waals surface area contributed by atoms with Gasteiger partial charge in [-0.25, -0.2) is 22.0 Å². The Bertz CT molecular complexity index is 810. The van der Waals surface area contributed by atoms with Gasteiger partial charge in [-0.2, -0.15) is 0 Å². The van der Waals surface area contributed by atoms with E-state index in [1.807, 2.05) is 19.1 Å². The highest BCUT2D eigenvalue weighted by atomic mass is 19.2. The first-order valence-electron chi connectivity index (χ1n) is 7.66. The van der Waals surface area contributed by atoms with Crippen molar-refractivity contribution in [3.63, 3.8) is 0 Å². The number of hydrogen-bond acceptors (Lipinski definition) is 2. The quantitative estimate of drug-likeness (QED) is 0.477. The molecule has 0 aliphatic carbocycles. The molecule has 3 nitrogen and oxygen atoms in total. The largest absolute Gasteiger partial charge is 0.496 e. The van der Waals surface area contributed by atoms with Gasteiger partial charge in [-0.05, 0) is 25.0 Å². The predicted octanol–water partition coefficient (Wildman–Crippen LogP) is 3.60. The monoisotopic (exact) mass is 373 g/mol.